The highest BCUT2D eigenvalue weighted by atomic mass is 16.5. The number of likely N-dealkylation sites (N-methyl/N-ethyl adjacent to an activating group) is 1. The number of likely N-dealkylation sites (tertiary alicyclic amines) is 2. The summed E-state index contributed by atoms with van der Waals surface area (Å²) >= 11 is 0. The highest BCUT2D eigenvalue weighted by Crippen LogP contribution is 2.19. The Morgan fingerprint density at radius 1 is 1.22 bits per heavy atom. The predicted octanol–water partition coefficient (Wildman–Crippen LogP) is 1.60. The van der Waals surface area contributed by atoms with Crippen molar-refractivity contribution in [3.8, 4) is 0 Å². The third-order valence-electron chi connectivity index (χ3n) is 3.66. The maximum Gasteiger partial charge on any atom is 0.219 e. The monoisotopic (exact) mass is 256 g/mol. The Morgan fingerprint density at radius 2 is 1.78 bits per heavy atom. The van der Waals surface area contributed by atoms with Crippen LogP contribution in [-0.2, 0) is 9.53 Å². The third kappa shape index (κ3) is 4.58. The quantitative estimate of drug-likeness (QED) is 0.769. The lowest BCUT2D eigenvalue weighted by Crippen LogP contribution is -2.50. The fraction of sp³-hybridized carbons (Fsp3) is 0.929. The minimum Gasteiger partial charge on any atom is -0.375 e. The average Bonchev–Trinajstić information content (AvgIpc) is 2.36. The Morgan fingerprint density at radius 3 is 2.22 bits per heavy atom. The number of piperidine rings is 1. The third-order valence-corrected chi connectivity index (χ3v) is 3.66. The number of amides is 1. The summed E-state index contributed by atoms with van der Waals surface area (Å²) in [6.07, 6.45) is 2.65. The van der Waals surface area contributed by atoms with Gasteiger partial charge in [0.15, 0.2) is 0 Å². The van der Waals surface area contributed by atoms with Gasteiger partial charge in [0.1, 0.15) is 0 Å². The van der Waals surface area contributed by atoms with E-state index in [0.29, 0.717) is 12.0 Å². The van der Waals surface area contributed by atoms with Crippen LogP contribution in [-0.4, -0.2) is 61.6 Å². The Balaban J connectivity index is 0.000000771. The molecule has 2 aliphatic rings. The van der Waals surface area contributed by atoms with Gasteiger partial charge in [0.2, 0.25) is 5.91 Å². The largest absolute Gasteiger partial charge is 0.375 e. The lowest BCUT2D eigenvalue weighted by Gasteiger charge is -2.38. The molecular formula is C14H28N2O2. The molecule has 106 valence electrons. The van der Waals surface area contributed by atoms with E-state index in [4.69, 9.17) is 4.74 Å². The molecular weight excluding hydrogens is 228 g/mol. The van der Waals surface area contributed by atoms with Crippen LogP contribution in [0.2, 0.25) is 0 Å². The van der Waals surface area contributed by atoms with Gasteiger partial charge >= 0.3 is 0 Å². The molecule has 0 bridgehead atoms. The molecule has 18 heavy (non-hydrogen) atoms. The zero-order chi connectivity index (χ0) is 13.5. The number of hydrogen-bond acceptors (Lipinski definition) is 3. The molecule has 2 heterocycles. The van der Waals surface area contributed by atoms with Crippen molar-refractivity contribution >= 4 is 5.91 Å². The smallest absolute Gasteiger partial charge is 0.219 e. The van der Waals surface area contributed by atoms with Gasteiger partial charge in [0, 0.05) is 33.1 Å². The molecule has 0 saturated carbocycles. The molecule has 2 saturated heterocycles. The van der Waals surface area contributed by atoms with E-state index < -0.39 is 0 Å². The first-order valence-corrected chi connectivity index (χ1v) is 7.21. The molecule has 0 N–H and O–H groups in total. The molecule has 4 nitrogen and oxygen atoms in total. The molecule has 1 amide bonds. The summed E-state index contributed by atoms with van der Waals surface area (Å²) in [5.41, 5.74) is 0. The van der Waals surface area contributed by atoms with Crippen LogP contribution < -0.4 is 0 Å². The van der Waals surface area contributed by atoms with Crippen LogP contribution in [0, 0.1) is 5.92 Å². The van der Waals surface area contributed by atoms with Gasteiger partial charge in [-0.2, -0.15) is 0 Å². The van der Waals surface area contributed by atoms with Crippen molar-refractivity contribution in [3.05, 3.63) is 0 Å². The maximum absolute atomic E-state index is 11.2. The molecule has 0 aromatic heterocycles. The van der Waals surface area contributed by atoms with E-state index in [1.165, 1.54) is 0 Å². The van der Waals surface area contributed by atoms with Crippen molar-refractivity contribution in [3.63, 3.8) is 0 Å². The highest BCUT2D eigenvalue weighted by molar-refractivity contribution is 5.73. The molecule has 2 rings (SSSR count). The van der Waals surface area contributed by atoms with Crippen LogP contribution in [0.3, 0.4) is 0 Å². The molecule has 4 heteroatoms. The van der Waals surface area contributed by atoms with Gasteiger partial charge in [0.05, 0.1) is 12.7 Å². The normalized spacial score (nSPS) is 22.1. The minimum absolute atomic E-state index is 0.208. The average molecular weight is 256 g/mol. The first kappa shape index (κ1) is 15.4. The summed E-state index contributed by atoms with van der Waals surface area (Å²) in [7, 11) is 2.12. The van der Waals surface area contributed by atoms with Crippen molar-refractivity contribution in [1.29, 1.82) is 0 Å². The summed E-state index contributed by atoms with van der Waals surface area (Å²) in [4.78, 5) is 15.4. The number of ether oxygens (including phenoxy) is 1. The van der Waals surface area contributed by atoms with Gasteiger partial charge in [-0.15, -0.1) is 0 Å². The van der Waals surface area contributed by atoms with Gasteiger partial charge in [-0.25, -0.2) is 0 Å². The topological polar surface area (TPSA) is 32.8 Å². The summed E-state index contributed by atoms with van der Waals surface area (Å²) in [6, 6.07) is 0. The van der Waals surface area contributed by atoms with E-state index in [0.717, 1.165) is 45.6 Å². The van der Waals surface area contributed by atoms with Crippen LogP contribution in [0.1, 0.15) is 33.6 Å². The summed E-state index contributed by atoms with van der Waals surface area (Å²) in [6.45, 7) is 10.5. The molecule has 0 aromatic carbocycles. The van der Waals surface area contributed by atoms with Crippen LogP contribution in [0.5, 0.6) is 0 Å². The second-order valence-electron chi connectivity index (χ2n) is 5.13. The Kier molecular flexibility index (Phi) is 6.65. The van der Waals surface area contributed by atoms with Gasteiger partial charge in [-0.3, -0.25) is 4.79 Å². The van der Waals surface area contributed by atoms with E-state index in [-0.39, 0.29) is 5.91 Å². The zero-order valence-electron chi connectivity index (χ0n) is 12.3. The van der Waals surface area contributed by atoms with E-state index in [1.807, 2.05) is 18.7 Å². The van der Waals surface area contributed by atoms with Crippen molar-refractivity contribution < 1.29 is 9.53 Å². The molecule has 0 spiro atoms. The molecule has 0 aromatic rings. The number of hydrogen-bond donors (Lipinski definition) is 0. The van der Waals surface area contributed by atoms with Gasteiger partial charge in [-0.1, -0.05) is 13.8 Å². The molecule has 2 aliphatic heterocycles. The number of nitrogens with zero attached hydrogens (tertiary/aromatic N) is 2. The lowest BCUT2D eigenvalue weighted by molar-refractivity contribution is -0.131. The molecule has 0 radical (unpaired) electrons. The Hall–Kier alpha value is -0.610. The molecule has 0 aliphatic carbocycles. The number of carbonyl (C=O) groups is 1. The first-order chi connectivity index (χ1) is 8.65. The van der Waals surface area contributed by atoms with Crippen molar-refractivity contribution in [1.82, 2.24) is 9.80 Å². The van der Waals surface area contributed by atoms with Gasteiger partial charge < -0.3 is 14.5 Å². The predicted molar refractivity (Wildman–Crippen MR) is 73.6 cm³/mol. The second-order valence-corrected chi connectivity index (χ2v) is 5.13. The summed E-state index contributed by atoms with van der Waals surface area (Å²) in [5, 5.41) is 0. The standard InChI is InChI=1S/C12H22N2O2.C2H6/c1-10(15)14-5-3-11(4-6-14)9-16-12-7-13(2)8-12;1-2/h11-12H,3-9H2,1-2H3;1-2H3. The van der Waals surface area contributed by atoms with Crippen molar-refractivity contribution in [2.24, 2.45) is 5.92 Å². The highest BCUT2D eigenvalue weighted by Gasteiger charge is 2.26. The van der Waals surface area contributed by atoms with Crippen LogP contribution in [0.4, 0.5) is 0 Å². The molecule has 0 unspecified atom stereocenters. The summed E-state index contributed by atoms with van der Waals surface area (Å²) in [5.74, 6) is 0.862. The van der Waals surface area contributed by atoms with Crippen LogP contribution >= 0.6 is 0 Å². The van der Waals surface area contributed by atoms with E-state index in [2.05, 4.69) is 11.9 Å². The lowest BCUT2D eigenvalue weighted by atomic mass is 9.97. The van der Waals surface area contributed by atoms with Crippen LogP contribution in [0.25, 0.3) is 0 Å². The fourth-order valence-corrected chi connectivity index (χ4v) is 2.43. The van der Waals surface area contributed by atoms with E-state index in [9.17, 15) is 4.79 Å². The molecule has 2 fully saturated rings. The fourth-order valence-electron chi connectivity index (χ4n) is 2.43. The second kappa shape index (κ2) is 7.74. The zero-order valence-corrected chi connectivity index (χ0v) is 12.3. The van der Waals surface area contributed by atoms with Crippen molar-refractivity contribution in [2.45, 2.75) is 39.7 Å². The SMILES string of the molecule is CC.CC(=O)N1CCC(COC2CN(C)C2)CC1. The number of carbonyl (C=O) groups excluding carboxylic acids is 1. The van der Waals surface area contributed by atoms with Gasteiger partial charge in [0.25, 0.3) is 0 Å². The number of rotatable bonds is 3. The first-order valence-electron chi connectivity index (χ1n) is 7.21. The maximum atomic E-state index is 11.2. The van der Waals surface area contributed by atoms with Gasteiger partial charge in [-0.05, 0) is 25.8 Å². The molecule has 0 atom stereocenters. The summed E-state index contributed by atoms with van der Waals surface area (Å²) < 4.78 is 5.84. The van der Waals surface area contributed by atoms with Crippen molar-refractivity contribution in [2.75, 3.05) is 39.8 Å². The van der Waals surface area contributed by atoms with E-state index >= 15 is 0 Å². The minimum atomic E-state index is 0.208. The van der Waals surface area contributed by atoms with E-state index in [1.54, 1.807) is 6.92 Å². The Labute approximate surface area is 111 Å². The Bertz CT molecular complexity index is 244. The van der Waals surface area contributed by atoms with Crippen LogP contribution in [0.15, 0.2) is 0 Å².